The largest absolute Gasteiger partial charge is 0.444 e. The number of aromatic nitrogens is 1. The number of nitrogens with zero attached hydrogens (tertiary/aromatic N) is 2. The van der Waals surface area contributed by atoms with Crippen LogP contribution in [-0.2, 0) is 16.8 Å². The zero-order valence-electron chi connectivity index (χ0n) is 17.3. The first-order chi connectivity index (χ1) is 16.1. The first-order valence-electron chi connectivity index (χ1n) is 10.1. The van der Waals surface area contributed by atoms with Crippen molar-refractivity contribution in [2.75, 3.05) is 11.9 Å². The number of hydrogen-bond donors (Lipinski definition) is 2. The maximum atomic E-state index is 12.2. The predicted octanol–water partition coefficient (Wildman–Crippen LogP) is 4.99. The van der Waals surface area contributed by atoms with Gasteiger partial charge in [0, 0.05) is 19.7 Å². The minimum atomic E-state index is -0.733. The topological polar surface area (TPSA) is 108 Å². The predicted molar refractivity (Wildman–Crippen MR) is 125 cm³/mol. The Bertz CT molecular complexity index is 1400. The fraction of sp³-hybridized carbons (Fsp3) is 0.208. The van der Waals surface area contributed by atoms with Crippen LogP contribution in [0.1, 0.15) is 39.6 Å². The van der Waals surface area contributed by atoms with E-state index < -0.39 is 6.09 Å². The number of fused-ring (bicyclic) bond motifs is 1. The van der Waals surface area contributed by atoms with Gasteiger partial charge in [-0.3, -0.25) is 5.32 Å². The molecule has 1 fully saturated rings. The number of anilines is 1. The van der Waals surface area contributed by atoms with Gasteiger partial charge in [-0.2, -0.15) is 5.26 Å². The van der Waals surface area contributed by atoms with Gasteiger partial charge < -0.3 is 14.4 Å². The van der Waals surface area contributed by atoms with Crippen molar-refractivity contribution in [3.05, 3.63) is 69.2 Å². The number of hydrogen-bond acceptors (Lipinski definition) is 8. The molecule has 0 saturated heterocycles. The summed E-state index contributed by atoms with van der Waals surface area (Å²) in [6, 6.07) is 15.3. The van der Waals surface area contributed by atoms with Crippen LogP contribution in [0.3, 0.4) is 0 Å². The summed E-state index contributed by atoms with van der Waals surface area (Å²) in [4.78, 5) is 14.3. The molecule has 1 saturated carbocycles. The summed E-state index contributed by atoms with van der Waals surface area (Å²) in [5.74, 6) is 5.96. The zero-order valence-corrected chi connectivity index (χ0v) is 18.9. The molecule has 0 bridgehead atoms. The average Bonchev–Trinajstić information content (AvgIpc) is 3.17. The van der Waals surface area contributed by atoms with Gasteiger partial charge in [-0.1, -0.05) is 35.5 Å². The molecule has 9 heteroatoms. The van der Waals surface area contributed by atoms with E-state index in [2.05, 4.69) is 28.4 Å². The van der Waals surface area contributed by atoms with Crippen molar-refractivity contribution in [1.82, 2.24) is 5.16 Å². The number of carbonyl (C=O) groups excluding carboxylic acids is 1. The number of nitrogens with one attached hydrogen (secondary N) is 1. The molecule has 33 heavy (non-hydrogen) atoms. The van der Waals surface area contributed by atoms with Crippen molar-refractivity contribution < 1.29 is 19.2 Å². The van der Waals surface area contributed by atoms with E-state index in [1.54, 1.807) is 22.7 Å². The first-order valence-corrected chi connectivity index (χ1v) is 11.8. The van der Waals surface area contributed by atoms with Gasteiger partial charge in [0.05, 0.1) is 11.5 Å². The number of aliphatic hydroxyl groups excluding tert-OH is 1. The molecule has 7 nitrogen and oxygen atoms in total. The molecular formula is C24H17N3O4S2. The molecule has 0 atom stereocenters. The van der Waals surface area contributed by atoms with Crippen molar-refractivity contribution in [1.29, 1.82) is 5.26 Å². The Morgan fingerprint density at radius 2 is 2.00 bits per heavy atom. The number of nitriles is 1. The number of amides is 1. The molecule has 0 spiro atoms. The van der Waals surface area contributed by atoms with Crippen LogP contribution >= 0.6 is 22.7 Å². The molecule has 3 aromatic heterocycles. The van der Waals surface area contributed by atoms with E-state index in [-0.39, 0.29) is 35.8 Å². The lowest BCUT2D eigenvalue weighted by Gasteiger charge is -2.06. The second kappa shape index (κ2) is 8.72. The van der Waals surface area contributed by atoms with E-state index in [0.717, 1.165) is 32.7 Å². The molecule has 164 valence electrons. The quantitative estimate of drug-likeness (QED) is 0.394. The lowest BCUT2D eigenvalue weighted by atomic mass is 10.1. The summed E-state index contributed by atoms with van der Waals surface area (Å²) < 4.78 is 12.6. The summed E-state index contributed by atoms with van der Waals surface area (Å²) in [5.41, 5.74) is 0.804. The second-order valence-corrected chi connectivity index (χ2v) is 9.84. The maximum absolute atomic E-state index is 12.2. The molecule has 0 aliphatic heterocycles. The van der Waals surface area contributed by atoms with Crippen molar-refractivity contribution >= 4 is 43.9 Å². The van der Waals surface area contributed by atoms with Crippen LogP contribution < -0.4 is 5.32 Å². The molecule has 3 heterocycles. The number of thiophene rings is 2. The lowest BCUT2D eigenvalue weighted by Crippen LogP contribution is -2.14. The monoisotopic (exact) mass is 475 g/mol. The van der Waals surface area contributed by atoms with Crippen LogP contribution in [0.15, 0.2) is 47.0 Å². The van der Waals surface area contributed by atoms with E-state index in [9.17, 15) is 15.2 Å². The van der Waals surface area contributed by atoms with E-state index in [0.29, 0.717) is 0 Å². The van der Waals surface area contributed by atoms with Crippen LogP contribution in [0.5, 0.6) is 0 Å². The fourth-order valence-electron chi connectivity index (χ4n) is 3.34. The van der Waals surface area contributed by atoms with Crippen LogP contribution in [0.25, 0.3) is 9.40 Å². The summed E-state index contributed by atoms with van der Waals surface area (Å²) in [7, 11) is 0. The van der Waals surface area contributed by atoms with E-state index >= 15 is 0 Å². The van der Waals surface area contributed by atoms with Gasteiger partial charge in [-0.15, -0.1) is 22.7 Å². The third kappa shape index (κ3) is 4.35. The Morgan fingerprint density at radius 1 is 1.21 bits per heavy atom. The molecule has 1 aromatic carbocycles. The van der Waals surface area contributed by atoms with Crippen molar-refractivity contribution in [3.63, 3.8) is 0 Å². The first kappa shape index (κ1) is 21.2. The third-order valence-corrected chi connectivity index (χ3v) is 7.88. The van der Waals surface area contributed by atoms with Crippen LogP contribution in [0.4, 0.5) is 10.5 Å². The van der Waals surface area contributed by atoms with E-state index in [4.69, 9.17) is 9.26 Å². The van der Waals surface area contributed by atoms with Gasteiger partial charge in [0.25, 0.3) is 0 Å². The summed E-state index contributed by atoms with van der Waals surface area (Å²) in [6.07, 6.45) is 1.32. The lowest BCUT2D eigenvalue weighted by molar-refractivity contribution is 0.155. The van der Waals surface area contributed by atoms with Crippen LogP contribution in [0, 0.1) is 23.2 Å². The molecule has 5 rings (SSSR count). The fourth-order valence-corrected chi connectivity index (χ4v) is 5.83. The Kier molecular flexibility index (Phi) is 5.61. The van der Waals surface area contributed by atoms with E-state index in [1.165, 1.54) is 4.88 Å². The number of aliphatic hydroxyl groups is 1. The minimum Gasteiger partial charge on any atom is -0.444 e. The number of carbonyl (C=O) groups is 1. The Morgan fingerprint density at radius 3 is 2.70 bits per heavy atom. The highest BCUT2D eigenvalue weighted by molar-refractivity contribution is 7.28. The molecular weight excluding hydrogens is 458 g/mol. The van der Waals surface area contributed by atoms with Crippen molar-refractivity contribution in [2.24, 2.45) is 0 Å². The van der Waals surface area contributed by atoms with Crippen LogP contribution in [0.2, 0.25) is 0 Å². The Hall–Kier alpha value is -3.63. The normalized spacial score (nSPS) is 13.7. The SMILES string of the molecule is N#Cc1noc(C#Cc2cc3sc(C4(CO)CC4)cc3s2)c1NC(=O)OCc1ccccc1. The van der Waals surface area contributed by atoms with Gasteiger partial charge in [0.1, 0.15) is 18.4 Å². The smallest absolute Gasteiger partial charge is 0.412 e. The average molecular weight is 476 g/mol. The highest BCUT2D eigenvalue weighted by Crippen LogP contribution is 2.52. The summed E-state index contributed by atoms with van der Waals surface area (Å²) >= 11 is 3.23. The molecule has 2 N–H and O–H groups in total. The number of benzene rings is 1. The maximum Gasteiger partial charge on any atom is 0.412 e. The molecule has 0 unspecified atom stereocenters. The van der Waals surface area contributed by atoms with E-state index in [1.807, 2.05) is 42.5 Å². The minimum absolute atomic E-state index is 0.0432. The van der Waals surface area contributed by atoms with Gasteiger partial charge in [-0.05, 0) is 42.4 Å². The van der Waals surface area contributed by atoms with Gasteiger partial charge >= 0.3 is 6.09 Å². The number of rotatable bonds is 5. The molecule has 4 aromatic rings. The second-order valence-electron chi connectivity index (χ2n) is 7.67. The Labute approximate surface area is 197 Å². The zero-order chi connectivity index (χ0) is 22.8. The summed E-state index contributed by atoms with van der Waals surface area (Å²) in [5, 5.41) is 25.1. The summed E-state index contributed by atoms with van der Waals surface area (Å²) in [6.45, 7) is 0.274. The number of ether oxygens (including phenoxy) is 1. The third-order valence-electron chi connectivity index (χ3n) is 5.42. The standard InChI is InChI=1S/C24H17N3O4S2/c25-12-17-22(26-23(29)30-13-15-4-2-1-3-5-15)18(31-27-17)7-6-16-10-19-20(32-16)11-21(33-19)24(14-28)8-9-24/h1-5,10-11,28H,8-9,13-14H2,(H,26,29). The Balaban J connectivity index is 1.31. The van der Waals surface area contributed by atoms with Crippen molar-refractivity contribution in [3.8, 4) is 17.9 Å². The molecule has 1 aliphatic carbocycles. The molecule has 1 amide bonds. The molecule has 1 aliphatic rings. The highest BCUT2D eigenvalue weighted by atomic mass is 32.1. The van der Waals surface area contributed by atoms with Crippen molar-refractivity contribution in [2.45, 2.75) is 24.9 Å². The van der Waals surface area contributed by atoms with Gasteiger partial charge in [-0.25, -0.2) is 4.79 Å². The van der Waals surface area contributed by atoms with Gasteiger partial charge in [0.2, 0.25) is 11.5 Å². The van der Waals surface area contributed by atoms with Gasteiger partial charge in [0.15, 0.2) is 0 Å². The highest BCUT2D eigenvalue weighted by Gasteiger charge is 2.45. The van der Waals surface area contributed by atoms with Crippen LogP contribution in [-0.4, -0.2) is 23.0 Å². The molecule has 0 radical (unpaired) electrons.